The normalized spacial score (nSPS) is 13.8. The van der Waals surface area contributed by atoms with Crippen molar-refractivity contribution in [3.8, 4) is 22.4 Å². The minimum absolute atomic E-state index is 0. The Bertz CT molecular complexity index is 925. The molecule has 0 spiro atoms. The number of nitrogens with zero attached hydrogens (tertiary/aromatic N) is 4. The van der Waals surface area contributed by atoms with Crippen LogP contribution in [0.1, 0.15) is 26.7 Å². The fourth-order valence-electron chi connectivity index (χ4n) is 4.36. The predicted octanol–water partition coefficient (Wildman–Crippen LogP) is 5.85. The van der Waals surface area contributed by atoms with E-state index in [-0.39, 0.29) is 43.0 Å². The molecule has 1 aromatic carbocycles. The first-order valence-corrected chi connectivity index (χ1v) is 10.4. The highest BCUT2D eigenvalue weighted by atomic mass is 35.5. The second-order valence-electron chi connectivity index (χ2n) is 7.48. The van der Waals surface area contributed by atoms with E-state index in [9.17, 15) is 4.39 Å². The maximum Gasteiger partial charge on any atom is 0.158 e. The van der Waals surface area contributed by atoms with E-state index in [2.05, 4.69) is 33.7 Å². The third-order valence-electron chi connectivity index (χ3n) is 5.94. The summed E-state index contributed by atoms with van der Waals surface area (Å²) in [6.45, 7) is 8.63. The molecule has 4 rings (SSSR count). The molecule has 0 aliphatic carbocycles. The van der Waals surface area contributed by atoms with Crippen molar-refractivity contribution in [2.75, 3.05) is 31.1 Å². The van der Waals surface area contributed by atoms with E-state index in [0.29, 0.717) is 6.04 Å². The Hall–Kier alpha value is -1.86. The highest BCUT2D eigenvalue weighted by Gasteiger charge is 2.27. The molecule has 0 bridgehead atoms. The monoisotopic (exact) mass is 501 g/mol. The van der Waals surface area contributed by atoms with Crippen LogP contribution in [-0.2, 0) is 0 Å². The lowest BCUT2D eigenvalue weighted by atomic mass is 9.99. The van der Waals surface area contributed by atoms with Gasteiger partial charge in [-0.2, -0.15) is 5.10 Å². The molecule has 1 saturated heterocycles. The summed E-state index contributed by atoms with van der Waals surface area (Å²) in [7, 11) is 0. The molecule has 2 aromatic heterocycles. The van der Waals surface area contributed by atoms with Crippen LogP contribution in [0.15, 0.2) is 48.8 Å². The van der Waals surface area contributed by atoms with Gasteiger partial charge in [-0.15, -0.1) is 37.2 Å². The number of hydrogen-bond acceptors (Lipinski definition) is 4. The van der Waals surface area contributed by atoms with Crippen molar-refractivity contribution in [1.82, 2.24) is 20.1 Å². The van der Waals surface area contributed by atoms with Crippen LogP contribution in [-0.4, -0.2) is 52.3 Å². The van der Waals surface area contributed by atoms with Gasteiger partial charge < -0.3 is 9.80 Å². The highest BCUT2D eigenvalue weighted by molar-refractivity contribution is 5.89. The van der Waals surface area contributed by atoms with Crippen molar-refractivity contribution in [3.05, 3.63) is 54.6 Å². The second kappa shape index (κ2) is 13.0. The lowest BCUT2D eigenvalue weighted by Gasteiger charge is -2.38. The minimum Gasteiger partial charge on any atom is -0.355 e. The van der Waals surface area contributed by atoms with Crippen LogP contribution < -0.4 is 4.90 Å². The number of nitrogens with one attached hydrogen (secondary N) is 1. The maximum absolute atomic E-state index is 13.4. The van der Waals surface area contributed by atoms with Crippen molar-refractivity contribution in [3.63, 3.8) is 0 Å². The summed E-state index contributed by atoms with van der Waals surface area (Å²) in [5.41, 5.74) is 3.96. The Morgan fingerprint density at radius 2 is 1.53 bits per heavy atom. The number of rotatable bonds is 6. The molecule has 0 unspecified atom stereocenters. The van der Waals surface area contributed by atoms with E-state index >= 15 is 0 Å². The summed E-state index contributed by atoms with van der Waals surface area (Å²) >= 11 is 0. The molecule has 3 heterocycles. The zero-order valence-electron chi connectivity index (χ0n) is 18.3. The van der Waals surface area contributed by atoms with Gasteiger partial charge in [0.2, 0.25) is 0 Å². The summed E-state index contributed by atoms with van der Waals surface area (Å²) in [5, 5.41) is 7.92. The van der Waals surface area contributed by atoms with Gasteiger partial charge in [0.1, 0.15) is 5.82 Å². The Morgan fingerprint density at radius 1 is 0.938 bits per heavy atom. The third kappa shape index (κ3) is 5.93. The van der Waals surface area contributed by atoms with Gasteiger partial charge in [0.15, 0.2) is 5.82 Å². The fourth-order valence-corrected chi connectivity index (χ4v) is 4.36. The molecular weight excluding hydrogens is 472 g/mol. The van der Waals surface area contributed by atoms with E-state index in [0.717, 1.165) is 67.2 Å². The summed E-state index contributed by atoms with van der Waals surface area (Å²) < 4.78 is 13.4. The van der Waals surface area contributed by atoms with Crippen molar-refractivity contribution in [2.45, 2.75) is 32.7 Å². The van der Waals surface area contributed by atoms with Crippen molar-refractivity contribution >= 4 is 43.0 Å². The van der Waals surface area contributed by atoms with E-state index in [4.69, 9.17) is 5.10 Å². The van der Waals surface area contributed by atoms with Crippen LogP contribution >= 0.6 is 37.2 Å². The van der Waals surface area contributed by atoms with Gasteiger partial charge in [-0.25, -0.2) is 4.39 Å². The lowest BCUT2D eigenvalue weighted by Crippen LogP contribution is -2.45. The van der Waals surface area contributed by atoms with E-state index in [1.807, 2.05) is 12.1 Å². The smallest absolute Gasteiger partial charge is 0.158 e. The minimum atomic E-state index is -0.238. The average molecular weight is 503 g/mol. The standard InChI is InChI=1S/C23H28FN5.3ClH/c1-3-28(4-2)20-11-15-29(16-12-20)23-21(17-9-13-25-14-10-17)22(26-27-23)18-5-7-19(24)8-6-18;;;/h5-10,13-14,20H,3-4,11-12,15-16H2,1-2H3,(H,26,27);3*1H. The maximum atomic E-state index is 13.4. The molecule has 5 nitrogen and oxygen atoms in total. The van der Waals surface area contributed by atoms with E-state index in [1.54, 1.807) is 24.5 Å². The zero-order valence-corrected chi connectivity index (χ0v) is 20.8. The van der Waals surface area contributed by atoms with Gasteiger partial charge in [-0.05, 0) is 67.9 Å². The number of aromatic nitrogens is 3. The number of aromatic amines is 1. The summed E-state index contributed by atoms with van der Waals surface area (Å²) in [6, 6.07) is 11.2. The zero-order chi connectivity index (χ0) is 20.2. The molecule has 1 fully saturated rings. The summed E-state index contributed by atoms with van der Waals surface area (Å²) in [5.74, 6) is 0.728. The predicted molar refractivity (Wildman–Crippen MR) is 137 cm³/mol. The van der Waals surface area contributed by atoms with Crippen LogP contribution in [0.2, 0.25) is 0 Å². The molecule has 1 aliphatic rings. The first-order chi connectivity index (χ1) is 14.2. The molecule has 0 radical (unpaired) electrons. The van der Waals surface area contributed by atoms with Crippen LogP contribution in [0.4, 0.5) is 10.2 Å². The van der Waals surface area contributed by atoms with Crippen molar-refractivity contribution in [2.24, 2.45) is 0 Å². The average Bonchev–Trinajstić information content (AvgIpc) is 3.21. The number of halogens is 4. The van der Waals surface area contributed by atoms with Gasteiger partial charge in [0.05, 0.1) is 11.3 Å². The Morgan fingerprint density at radius 3 is 2.09 bits per heavy atom. The number of hydrogen-bond donors (Lipinski definition) is 1. The molecule has 1 N–H and O–H groups in total. The SMILES string of the molecule is CCN(CC)C1CCN(c2n[nH]c(-c3ccc(F)cc3)c2-c2ccncc2)CC1.Cl.Cl.Cl. The first kappa shape index (κ1) is 28.2. The van der Waals surface area contributed by atoms with Crippen LogP contribution in [0.25, 0.3) is 22.4 Å². The fraction of sp³-hybridized carbons (Fsp3) is 0.391. The molecule has 0 saturated carbocycles. The van der Waals surface area contributed by atoms with Gasteiger partial charge in [-0.3, -0.25) is 10.1 Å². The molecular formula is C23H31Cl3FN5. The van der Waals surface area contributed by atoms with E-state index in [1.165, 1.54) is 12.1 Å². The van der Waals surface area contributed by atoms with Gasteiger partial charge in [0, 0.05) is 37.1 Å². The number of benzene rings is 1. The molecule has 9 heteroatoms. The van der Waals surface area contributed by atoms with Crippen molar-refractivity contribution < 1.29 is 4.39 Å². The molecule has 1 aliphatic heterocycles. The number of H-pyrrole nitrogens is 1. The van der Waals surface area contributed by atoms with Gasteiger partial charge in [-0.1, -0.05) is 13.8 Å². The topological polar surface area (TPSA) is 48.0 Å². The van der Waals surface area contributed by atoms with Crippen molar-refractivity contribution in [1.29, 1.82) is 0 Å². The summed E-state index contributed by atoms with van der Waals surface area (Å²) in [4.78, 5) is 9.09. The molecule has 32 heavy (non-hydrogen) atoms. The Labute approximate surface area is 208 Å². The Balaban J connectivity index is 0.00000171. The third-order valence-corrected chi connectivity index (χ3v) is 5.94. The molecule has 176 valence electrons. The molecule has 0 atom stereocenters. The quantitative estimate of drug-likeness (QED) is 0.459. The molecule has 3 aromatic rings. The van der Waals surface area contributed by atoms with E-state index < -0.39 is 0 Å². The lowest BCUT2D eigenvalue weighted by molar-refractivity contribution is 0.186. The Kier molecular flexibility index (Phi) is 11.4. The number of pyridine rings is 1. The van der Waals surface area contributed by atoms with Crippen LogP contribution in [0.5, 0.6) is 0 Å². The van der Waals surface area contributed by atoms with Crippen LogP contribution in [0.3, 0.4) is 0 Å². The van der Waals surface area contributed by atoms with Gasteiger partial charge >= 0.3 is 0 Å². The number of piperidine rings is 1. The van der Waals surface area contributed by atoms with Crippen LogP contribution in [0, 0.1) is 5.82 Å². The second-order valence-corrected chi connectivity index (χ2v) is 7.48. The highest BCUT2D eigenvalue weighted by Crippen LogP contribution is 2.38. The van der Waals surface area contributed by atoms with Gasteiger partial charge in [0.25, 0.3) is 0 Å². The molecule has 0 amide bonds. The summed E-state index contributed by atoms with van der Waals surface area (Å²) in [6.07, 6.45) is 5.87. The largest absolute Gasteiger partial charge is 0.355 e. The number of anilines is 1. The first-order valence-electron chi connectivity index (χ1n) is 10.4.